The molecule has 2 atom stereocenters. The van der Waals surface area contributed by atoms with Crippen molar-refractivity contribution in [2.75, 3.05) is 0 Å². The molecule has 0 aromatic carbocycles. The van der Waals surface area contributed by atoms with Gasteiger partial charge in [0.25, 0.3) is 0 Å². The van der Waals surface area contributed by atoms with E-state index < -0.39 is 24.0 Å². The van der Waals surface area contributed by atoms with E-state index in [2.05, 4.69) is 10.6 Å². The van der Waals surface area contributed by atoms with Gasteiger partial charge in [0, 0.05) is 6.92 Å². The standard InChI is InChI=1S/C9H16N2O4/c1-4-7(9(14)15)11-8(13)5(2)10-6(3)12/h5,7H,4H2,1-3H3,(H,10,12)(H,11,13)(H,14,15). The number of carboxylic acid groups (broad SMARTS) is 1. The Hall–Kier alpha value is -1.59. The first-order valence-electron chi connectivity index (χ1n) is 4.68. The lowest BCUT2D eigenvalue weighted by atomic mass is 10.2. The molecule has 0 aliphatic rings. The Balaban J connectivity index is 4.21. The highest BCUT2D eigenvalue weighted by atomic mass is 16.4. The molecule has 0 heterocycles. The van der Waals surface area contributed by atoms with Crippen molar-refractivity contribution >= 4 is 17.8 Å². The highest BCUT2D eigenvalue weighted by molar-refractivity contribution is 5.89. The van der Waals surface area contributed by atoms with Gasteiger partial charge in [-0.05, 0) is 13.3 Å². The monoisotopic (exact) mass is 216 g/mol. The van der Waals surface area contributed by atoms with Crippen LogP contribution in [0.15, 0.2) is 0 Å². The lowest BCUT2D eigenvalue weighted by Crippen LogP contribution is -2.49. The zero-order chi connectivity index (χ0) is 12.0. The first-order valence-corrected chi connectivity index (χ1v) is 4.68. The van der Waals surface area contributed by atoms with Crippen LogP contribution < -0.4 is 10.6 Å². The Bertz CT molecular complexity index is 265. The maximum Gasteiger partial charge on any atom is 0.326 e. The van der Waals surface area contributed by atoms with Gasteiger partial charge in [-0.25, -0.2) is 4.79 Å². The lowest BCUT2D eigenvalue weighted by molar-refractivity contribution is -0.142. The third-order valence-corrected chi connectivity index (χ3v) is 1.84. The Labute approximate surface area is 88.0 Å². The van der Waals surface area contributed by atoms with E-state index in [0.717, 1.165) is 0 Å². The summed E-state index contributed by atoms with van der Waals surface area (Å²) < 4.78 is 0. The van der Waals surface area contributed by atoms with E-state index in [9.17, 15) is 14.4 Å². The average molecular weight is 216 g/mol. The summed E-state index contributed by atoms with van der Waals surface area (Å²) >= 11 is 0. The largest absolute Gasteiger partial charge is 0.480 e. The minimum atomic E-state index is -1.08. The Morgan fingerprint density at radius 1 is 1.27 bits per heavy atom. The fourth-order valence-electron chi connectivity index (χ4n) is 1.01. The Morgan fingerprint density at radius 2 is 1.80 bits per heavy atom. The molecule has 0 radical (unpaired) electrons. The van der Waals surface area contributed by atoms with Gasteiger partial charge in [0.2, 0.25) is 11.8 Å². The molecule has 6 heteroatoms. The second kappa shape index (κ2) is 6.00. The normalized spacial score (nSPS) is 13.8. The number of hydrogen-bond acceptors (Lipinski definition) is 3. The van der Waals surface area contributed by atoms with Gasteiger partial charge in [-0.15, -0.1) is 0 Å². The number of hydrogen-bond donors (Lipinski definition) is 3. The number of carbonyl (C=O) groups excluding carboxylic acids is 2. The Kier molecular flexibility index (Phi) is 5.36. The van der Waals surface area contributed by atoms with Crippen molar-refractivity contribution in [3.63, 3.8) is 0 Å². The minimum Gasteiger partial charge on any atom is -0.480 e. The lowest BCUT2D eigenvalue weighted by Gasteiger charge is -2.16. The number of carboxylic acids is 1. The first-order chi connectivity index (χ1) is 6.88. The third-order valence-electron chi connectivity index (χ3n) is 1.84. The van der Waals surface area contributed by atoms with Gasteiger partial charge >= 0.3 is 5.97 Å². The molecular weight excluding hydrogens is 200 g/mol. The molecular formula is C9H16N2O4. The molecule has 0 bridgehead atoms. The summed E-state index contributed by atoms with van der Waals surface area (Å²) in [7, 11) is 0. The summed E-state index contributed by atoms with van der Waals surface area (Å²) in [5.41, 5.74) is 0. The second-order valence-electron chi connectivity index (χ2n) is 3.23. The zero-order valence-electron chi connectivity index (χ0n) is 9.03. The molecule has 3 N–H and O–H groups in total. The predicted octanol–water partition coefficient (Wildman–Crippen LogP) is -0.510. The molecule has 2 unspecified atom stereocenters. The summed E-state index contributed by atoms with van der Waals surface area (Å²) in [6, 6.07) is -1.63. The van der Waals surface area contributed by atoms with E-state index in [1.807, 2.05) is 0 Å². The Morgan fingerprint density at radius 3 is 2.13 bits per heavy atom. The number of nitrogens with one attached hydrogen (secondary N) is 2. The first kappa shape index (κ1) is 13.4. The third kappa shape index (κ3) is 4.99. The van der Waals surface area contributed by atoms with Crippen LogP contribution in [0, 0.1) is 0 Å². The highest BCUT2D eigenvalue weighted by Crippen LogP contribution is 1.92. The van der Waals surface area contributed by atoms with E-state index in [1.54, 1.807) is 6.92 Å². The van der Waals surface area contributed by atoms with Crippen LogP contribution in [0.4, 0.5) is 0 Å². The fourth-order valence-corrected chi connectivity index (χ4v) is 1.01. The molecule has 2 amide bonds. The molecule has 0 saturated carbocycles. The molecule has 0 aromatic rings. The van der Waals surface area contributed by atoms with Crippen LogP contribution in [0.2, 0.25) is 0 Å². The SMILES string of the molecule is CCC(NC(=O)C(C)NC(C)=O)C(=O)O. The van der Waals surface area contributed by atoms with Crippen molar-refractivity contribution in [1.29, 1.82) is 0 Å². The smallest absolute Gasteiger partial charge is 0.326 e. The minimum absolute atomic E-state index is 0.299. The number of amides is 2. The van der Waals surface area contributed by atoms with Gasteiger partial charge in [-0.3, -0.25) is 9.59 Å². The predicted molar refractivity (Wildman–Crippen MR) is 53.1 cm³/mol. The van der Waals surface area contributed by atoms with E-state index in [0.29, 0.717) is 6.42 Å². The second-order valence-corrected chi connectivity index (χ2v) is 3.23. The maximum atomic E-state index is 11.4. The molecule has 0 aromatic heterocycles. The van der Waals surface area contributed by atoms with Gasteiger partial charge in [0.15, 0.2) is 0 Å². The van der Waals surface area contributed by atoms with Crippen LogP contribution in [0.25, 0.3) is 0 Å². The number of carbonyl (C=O) groups is 3. The molecule has 86 valence electrons. The van der Waals surface area contributed by atoms with Crippen LogP contribution in [0.1, 0.15) is 27.2 Å². The highest BCUT2D eigenvalue weighted by Gasteiger charge is 2.21. The van der Waals surface area contributed by atoms with Crippen LogP contribution in [0.5, 0.6) is 0 Å². The van der Waals surface area contributed by atoms with Crippen LogP contribution >= 0.6 is 0 Å². The quantitative estimate of drug-likeness (QED) is 0.576. The van der Waals surface area contributed by atoms with Gasteiger partial charge in [-0.1, -0.05) is 6.92 Å². The topological polar surface area (TPSA) is 95.5 Å². The molecule has 0 fully saturated rings. The molecule has 0 aliphatic heterocycles. The maximum absolute atomic E-state index is 11.4. The molecule has 6 nitrogen and oxygen atoms in total. The van der Waals surface area contributed by atoms with Crippen molar-refractivity contribution in [1.82, 2.24) is 10.6 Å². The van der Waals surface area contributed by atoms with Crippen molar-refractivity contribution in [3.8, 4) is 0 Å². The summed E-state index contributed by atoms with van der Waals surface area (Å²) in [6.07, 6.45) is 0.299. The van der Waals surface area contributed by atoms with Crippen molar-refractivity contribution in [2.24, 2.45) is 0 Å². The van der Waals surface area contributed by atoms with Crippen molar-refractivity contribution in [2.45, 2.75) is 39.3 Å². The van der Waals surface area contributed by atoms with E-state index >= 15 is 0 Å². The summed E-state index contributed by atoms with van der Waals surface area (Å²) in [4.78, 5) is 32.6. The van der Waals surface area contributed by atoms with E-state index in [1.165, 1.54) is 13.8 Å². The van der Waals surface area contributed by atoms with Crippen molar-refractivity contribution in [3.05, 3.63) is 0 Å². The molecule has 15 heavy (non-hydrogen) atoms. The molecule has 0 rings (SSSR count). The molecule has 0 saturated heterocycles. The van der Waals surface area contributed by atoms with Crippen molar-refractivity contribution < 1.29 is 19.5 Å². The van der Waals surface area contributed by atoms with Crippen LogP contribution in [-0.2, 0) is 14.4 Å². The fraction of sp³-hybridized carbons (Fsp3) is 0.667. The van der Waals surface area contributed by atoms with Gasteiger partial charge < -0.3 is 15.7 Å². The van der Waals surface area contributed by atoms with Crippen LogP contribution in [-0.4, -0.2) is 35.0 Å². The number of rotatable bonds is 5. The zero-order valence-corrected chi connectivity index (χ0v) is 9.03. The average Bonchev–Trinajstić information content (AvgIpc) is 2.11. The van der Waals surface area contributed by atoms with Gasteiger partial charge in [0.1, 0.15) is 12.1 Å². The van der Waals surface area contributed by atoms with E-state index in [4.69, 9.17) is 5.11 Å². The number of aliphatic carboxylic acids is 1. The summed E-state index contributed by atoms with van der Waals surface area (Å²) in [6.45, 7) is 4.44. The van der Waals surface area contributed by atoms with Gasteiger partial charge in [0.05, 0.1) is 0 Å². The molecule has 0 aliphatic carbocycles. The van der Waals surface area contributed by atoms with Gasteiger partial charge in [-0.2, -0.15) is 0 Å². The van der Waals surface area contributed by atoms with E-state index in [-0.39, 0.29) is 5.91 Å². The molecule has 0 spiro atoms. The van der Waals surface area contributed by atoms with Crippen LogP contribution in [0.3, 0.4) is 0 Å². The summed E-state index contributed by atoms with van der Waals surface area (Å²) in [5.74, 6) is -1.92. The summed E-state index contributed by atoms with van der Waals surface area (Å²) in [5, 5.41) is 13.4.